The molecule has 0 saturated heterocycles. The van der Waals surface area contributed by atoms with E-state index in [2.05, 4.69) is 43.3 Å². The second-order valence-electron chi connectivity index (χ2n) is 4.24. The first-order valence-electron chi connectivity index (χ1n) is 6.18. The highest BCUT2D eigenvalue weighted by Crippen LogP contribution is 2.16. The van der Waals surface area contributed by atoms with Crippen molar-refractivity contribution in [2.75, 3.05) is 6.54 Å². The summed E-state index contributed by atoms with van der Waals surface area (Å²) in [4.78, 5) is 1.47. The van der Waals surface area contributed by atoms with Gasteiger partial charge in [0.1, 0.15) is 0 Å². The van der Waals surface area contributed by atoms with Crippen molar-refractivity contribution in [3.05, 3.63) is 34.5 Å². The van der Waals surface area contributed by atoms with E-state index in [1.807, 2.05) is 11.3 Å². The molecule has 0 aliphatic carbocycles. The summed E-state index contributed by atoms with van der Waals surface area (Å²) in [6.07, 6.45) is 4.53. The average molecular weight is 237 g/mol. The Labute approximate surface area is 104 Å². The first-order chi connectivity index (χ1) is 7.76. The first-order valence-corrected chi connectivity index (χ1v) is 7.06. The van der Waals surface area contributed by atoms with Gasteiger partial charge in [0, 0.05) is 10.9 Å². The van der Waals surface area contributed by atoms with Crippen molar-refractivity contribution in [3.8, 4) is 0 Å². The predicted molar refractivity (Wildman–Crippen MR) is 74.2 cm³/mol. The van der Waals surface area contributed by atoms with Gasteiger partial charge in [0.05, 0.1) is 0 Å². The number of hydrogen-bond donors (Lipinski definition) is 1. The van der Waals surface area contributed by atoms with E-state index >= 15 is 0 Å². The fourth-order valence-electron chi connectivity index (χ4n) is 1.73. The third-order valence-electron chi connectivity index (χ3n) is 2.75. The number of hydrogen-bond acceptors (Lipinski definition) is 2. The Morgan fingerprint density at radius 1 is 1.50 bits per heavy atom. The number of nitrogens with one attached hydrogen (secondary N) is 1. The topological polar surface area (TPSA) is 12.0 Å². The van der Waals surface area contributed by atoms with Crippen LogP contribution in [0.15, 0.2) is 29.7 Å². The maximum atomic E-state index is 4.11. The summed E-state index contributed by atoms with van der Waals surface area (Å²) in [7, 11) is 0. The fourth-order valence-corrected chi connectivity index (χ4v) is 2.52. The molecule has 1 atom stereocenters. The SMILES string of the molecule is C=C(CC)CC(Cc1cccs1)NCCC. The largest absolute Gasteiger partial charge is 0.313 e. The summed E-state index contributed by atoms with van der Waals surface area (Å²) >= 11 is 1.85. The fraction of sp³-hybridized carbons (Fsp3) is 0.571. The molecule has 0 aromatic carbocycles. The maximum Gasteiger partial charge on any atom is 0.0152 e. The van der Waals surface area contributed by atoms with E-state index in [-0.39, 0.29) is 0 Å². The lowest BCUT2D eigenvalue weighted by Crippen LogP contribution is -2.31. The van der Waals surface area contributed by atoms with E-state index in [1.54, 1.807) is 0 Å². The summed E-state index contributed by atoms with van der Waals surface area (Å²) in [5.41, 5.74) is 1.35. The van der Waals surface area contributed by atoms with Crippen LogP contribution in [0, 0.1) is 0 Å². The highest BCUT2D eigenvalue weighted by Gasteiger charge is 2.10. The smallest absolute Gasteiger partial charge is 0.0152 e. The van der Waals surface area contributed by atoms with Gasteiger partial charge in [-0.2, -0.15) is 0 Å². The van der Waals surface area contributed by atoms with Crippen LogP contribution in [0.2, 0.25) is 0 Å². The zero-order valence-electron chi connectivity index (χ0n) is 10.5. The Morgan fingerprint density at radius 3 is 2.88 bits per heavy atom. The Bertz CT molecular complexity index is 290. The van der Waals surface area contributed by atoms with E-state index in [0.717, 1.165) is 25.8 Å². The van der Waals surface area contributed by atoms with Crippen LogP contribution in [0.1, 0.15) is 38.0 Å². The quantitative estimate of drug-likeness (QED) is 0.674. The highest BCUT2D eigenvalue weighted by molar-refractivity contribution is 7.09. The molecule has 1 aromatic rings. The molecule has 0 saturated carbocycles. The minimum Gasteiger partial charge on any atom is -0.313 e. The van der Waals surface area contributed by atoms with Gasteiger partial charge in [0.2, 0.25) is 0 Å². The van der Waals surface area contributed by atoms with Gasteiger partial charge in [-0.1, -0.05) is 32.1 Å². The lowest BCUT2D eigenvalue weighted by atomic mass is 10.0. The third-order valence-corrected chi connectivity index (χ3v) is 3.64. The van der Waals surface area contributed by atoms with Crippen LogP contribution in [-0.4, -0.2) is 12.6 Å². The van der Waals surface area contributed by atoms with Gasteiger partial charge in [-0.15, -0.1) is 11.3 Å². The van der Waals surface area contributed by atoms with Gasteiger partial charge >= 0.3 is 0 Å². The summed E-state index contributed by atoms with van der Waals surface area (Å²) in [5, 5.41) is 5.77. The third kappa shape index (κ3) is 4.95. The van der Waals surface area contributed by atoms with Gasteiger partial charge in [-0.3, -0.25) is 0 Å². The van der Waals surface area contributed by atoms with Gasteiger partial charge in [0.25, 0.3) is 0 Å². The lowest BCUT2D eigenvalue weighted by molar-refractivity contribution is 0.502. The molecule has 0 aliphatic heterocycles. The van der Waals surface area contributed by atoms with Gasteiger partial charge < -0.3 is 5.32 Å². The zero-order valence-corrected chi connectivity index (χ0v) is 11.3. The molecule has 0 bridgehead atoms. The standard InChI is InChI=1S/C14H23NS/c1-4-8-15-13(10-12(3)5-2)11-14-7-6-9-16-14/h6-7,9,13,15H,3-5,8,10-11H2,1-2H3. The molecule has 2 heteroatoms. The van der Waals surface area contributed by atoms with Crippen LogP contribution in [0.5, 0.6) is 0 Å². The van der Waals surface area contributed by atoms with Crippen LogP contribution >= 0.6 is 11.3 Å². The van der Waals surface area contributed by atoms with E-state index in [0.29, 0.717) is 6.04 Å². The number of rotatable bonds is 8. The molecule has 1 aromatic heterocycles. The second kappa shape index (κ2) is 7.64. The molecule has 1 rings (SSSR count). The Kier molecular flexibility index (Phi) is 6.43. The van der Waals surface area contributed by atoms with Crippen molar-refractivity contribution in [2.24, 2.45) is 0 Å². The highest BCUT2D eigenvalue weighted by atomic mass is 32.1. The molecule has 1 heterocycles. The minimum absolute atomic E-state index is 0.561. The average Bonchev–Trinajstić information content (AvgIpc) is 2.78. The molecular weight excluding hydrogens is 214 g/mol. The van der Waals surface area contributed by atoms with Gasteiger partial charge in [-0.05, 0) is 43.7 Å². The summed E-state index contributed by atoms with van der Waals surface area (Å²) in [6.45, 7) is 9.61. The molecular formula is C14H23NS. The van der Waals surface area contributed by atoms with Gasteiger partial charge in [0.15, 0.2) is 0 Å². The molecule has 16 heavy (non-hydrogen) atoms. The monoisotopic (exact) mass is 237 g/mol. The molecule has 0 aliphatic rings. The lowest BCUT2D eigenvalue weighted by Gasteiger charge is -2.18. The van der Waals surface area contributed by atoms with E-state index in [4.69, 9.17) is 0 Å². The Hall–Kier alpha value is -0.600. The van der Waals surface area contributed by atoms with E-state index in [9.17, 15) is 0 Å². The zero-order chi connectivity index (χ0) is 11.8. The molecule has 1 nitrogen and oxygen atoms in total. The molecule has 1 unspecified atom stereocenters. The molecule has 0 amide bonds. The molecule has 0 radical (unpaired) electrons. The number of thiophene rings is 1. The van der Waals surface area contributed by atoms with Crippen LogP contribution in [0.4, 0.5) is 0 Å². The van der Waals surface area contributed by atoms with E-state index < -0.39 is 0 Å². The Morgan fingerprint density at radius 2 is 2.31 bits per heavy atom. The van der Waals surface area contributed by atoms with Crippen molar-refractivity contribution < 1.29 is 0 Å². The normalized spacial score (nSPS) is 12.6. The summed E-state index contributed by atoms with van der Waals surface area (Å²) in [5.74, 6) is 0. The molecule has 0 fully saturated rings. The van der Waals surface area contributed by atoms with Crippen LogP contribution < -0.4 is 5.32 Å². The summed E-state index contributed by atoms with van der Waals surface area (Å²) in [6, 6.07) is 4.91. The van der Waals surface area contributed by atoms with Crippen molar-refractivity contribution >= 4 is 11.3 Å². The molecule has 90 valence electrons. The van der Waals surface area contributed by atoms with Crippen LogP contribution in [0.25, 0.3) is 0 Å². The maximum absolute atomic E-state index is 4.11. The summed E-state index contributed by atoms with van der Waals surface area (Å²) < 4.78 is 0. The minimum atomic E-state index is 0.561. The van der Waals surface area contributed by atoms with Crippen molar-refractivity contribution in [3.63, 3.8) is 0 Å². The van der Waals surface area contributed by atoms with E-state index in [1.165, 1.54) is 16.9 Å². The predicted octanol–water partition coefficient (Wildman–Crippen LogP) is 4.02. The van der Waals surface area contributed by atoms with Gasteiger partial charge in [-0.25, -0.2) is 0 Å². The molecule has 0 spiro atoms. The first kappa shape index (κ1) is 13.5. The second-order valence-corrected chi connectivity index (χ2v) is 5.27. The van der Waals surface area contributed by atoms with Crippen molar-refractivity contribution in [2.45, 2.75) is 45.6 Å². The van der Waals surface area contributed by atoms with Crippen molar-refractivity contribution in [1.29, 1.82) is 0 Å². The molecule has 1 N–H and O–H groups in total. The Balaban J connectivity index is 2.46. The van der Waals surface area contributed by atoms with Crippen LogP contribution in [-0.2, 0) is 6.42 Å². The van der Waals surface area contributed by atoms with Crippen molar-refractivity contribution in [1.82, 2.24) is 5.32 Å². The van der Waals surface area contributed by atoms with Crippen LogP contribution in [0.3, 0.4) is 0 Å².